The summed E-state index contributed by atoms with van der Waals surface area (Å²) in [6.07, 6.45) is 3.27. The number of urea groups is 1. The van der Waals surface area contributed by atoms with E-state index < -0.39 is 6.03 Å². The monoisotopic (exact) mass is 397 g/mol. The molecule has 7 nitrogen and oxygen atoms in total. The van der Waals surface area contributed by atoms with Gasteiger partial charge < -0.3 is 15.4 Å². The molecule has 26 heavy (non-hydrogen) atoms. The molecule has 0 radical (unpaired) electrons. The quantitative estimate of drug-likeness (QED) is 0.812. The summed E-state index contributed by atoms with van der Waals surface area (Å²) in [5.74, 6) is 0.482. The second-order valence-electron chi connectivity index (χ2n) is 6.22. The van der Waals surface area contributed by atoms with Crippen LogP contribution in [0.25, 0.3) is 0 Å². The Hall–Kier alpha value is -1.93. The van der Waals surface area contributed by atoms with E-state index in [4.69, 9.17) is 16.3 Å². The number of nitrogens with one attached hydrogen (secondary N) is 2. The predicted octanol–water partition coefficient (Wildman–Crippen LogP) is 3.48. The lowest BCUT2D eigenvalue weighted by Crippen LogP contribution is -2.55. The molecule has 1 saturated carbocycles. The number of imide groups is 1. The van der Waals surface area contributed by atoms with E-state index in [0.717, 1.165) is 24.6 Å². The van der Waals surface area contributed by atoms with Gasteiger partial charge >= 0.3 is 6.03 Å². The summed E-state index contributed by atoms with van der Waals surface area (Å²) < 4.78 is 5.22. The summed E-state index contributed by atoms with van der Waals surface area (Å²) in [6.45, 7) is 0. The molecule has 2 fully saturated rings. The first-order valence-electron chi connectivity index (χ1n) is 8.39. The van der Waals surface area contributed by atoms with Gasteiger partial charge in [0.05, 0.1) is 30.6 Å². The third-order valence-corrected chi connectivity index (χ3v) is 5.64. The van der Waals surface area contributed by atoms with Crippen LogP contribution in [0, 0.1) is 0 Å². The Kier molecular flexibility index (Phi) is 5.93. The van der Waals surface area contributed by atoms with Crippen molar-refractivity contribution >= 4 is 46.2 Å². The molecule has 0 aromatic heterocycles. The van der Waals surface area contributed by atoms with Crippen molar-refractivity contribution in [3.8, 4) is 5.75 Å². The van der Waals surface area contributed by atoms with E-state index in [1.165, 1.54) is 12.0 Å². The Morgan fingerprint density at radius 3 is 2.77 bits per heavy atom. The van der Waals surface area contributed by atoms with Gasteiger partial charge in [-0.15, -0.1) is 0 Å². The standard InChI is InChI=1S/C17H20ClN3O4S/c1-25-14-7-6-10(18)8-12(14)20-16(23)19-11-4-2-3-5-13(11)21-15(22)9-26-17(21)24/h6-8,11,13H,2-5,9H2,1H3,(H2,19,20,23)/t11-,13+/m0/s1. The number of thioether (sulfide) groups is 1. The lowest BCUT2D eigenvalue weighted by molar-refractivity contribution is -0.127. The Balaban J connectivity index is 1.70. The molecule has 0 bridgehead atoms. The van der Waals surface area contributed by atoms with Gasteiger partial charge in [0.25, 0.3) is 5.24 Å². The molecule has 1 aromatic rings. The first-order chi connectivity index (χ1) is 12.5. The molecule has 2 aliphatic rings. The first-order valence-corrected chi connectivity index (χ1v) is 9.76. The highest BCUT2D eigenvalue weighted by molar-refractivity contribution is 8.14. The van der Waals surface area contributed by atoms with Crippen LogP contribution < -0.4 is 15.4 Å². The smallest absolute Gasteiger partial charge is 0.319 e. The molecule has 0 spiro atoms. The zero-order chi connectivity index (χ0) is 18.7. The number of halogens is 1. The van der Waals surface area contributed by atoms with E-state index in [1.54, 1.807) is 18.2 Å². The van der Waals surface area contributed by atoms with E-state index >= 15 is 0 Å². The van der Waals surface area contributed by atoms with Gasteiger partial charge in [0.1, 0.15) is 5.75 Å². The number of hydrogen-bond acceptors (Lipinski definition) is 5. The molecule has 1 aliphatic heterocycles. The molecular weight excluding hydrogens is 378 g/mol. The van der Waals surface area contributed by atoms with E-state index in [9.17, 15) is 14.4 Å². The van der Waals surface area contributed by atoms with Gasteiger partial charge in [0.2, 0.25) is 5.91 Å². The summed E-state index contributed by atoms with van der Waals surface area (Å²) in [4.78, 5) is 37.9. The Morgan fingerprint density at radius 2 is 2.08 bits per heavy atom. The van der Waals surface area contributed by atoms with Crippen LogP contribution in [0.5, 0.6) is 5.75 Å². The van der Waals surface area contributed by atoms with Crippen molar-refractivity contribution in [3.05, 3.63) is 23.2 Å². The maximum Gasteiger partial charge on any atom is 0.319 e. The summed E-state index contributed by atoms with van der Waals surface area (Å²) >= 11 is 6.99. The fourth-order valence-electron chi connectivity index (χ4n) is 3.38. The Morgan fingerprint density at radius 1 is 1.31 bits per heavy atom. The second-order valence-corrected chi connectivity index (χ2v) is 7.58. The minimum absolute atomic E-state index is 0.175. The van der Waals surface area contributed by atoms with Crippen LogP contribution in [0.3, 0.4) is 0 Å². The SMILES string of the molecule is COc1ccc(Cl)cc1NC(=O)N[C@H]1CCCC[C@H]1N1C(=O)CSC1=O. The van der Waals surface area contributed by atoms with Gasteiger partial charge in [-0.3, -0.25) is 14.5 Å². The van der Waals surface area contributed by atoms with E-state index in [1.807, 2.05) is 0 Å². The van der Waals surface area contributed by atoms with Crippen LogP contribution in [-0.2, 0) is 4.79 Å². The highest BCUT2D eigenvalue weighted by Crippen LogP contribution is 2.31. The van der Waals surface area contributed by atoms with Crippen molar-refractivity contribution in [2.24, 2.45) is 0 Å². The molecule has 1 saturated heterocycles. The van der Waals surface area contributed by atoms with Crippen molar-refractivity contribution in [1.82, 2.24) is 10.2 Å². The lowest BCUT2D eigenvalue weighted by Gasteiger charge is -2.36. The van der Waals surface area contributed by atoms with Crippen molar-refractivity contribution in [2.45, 2.75) is 37.8 Å². The van der Waals surface area contributed by atoms with Crippen molar-refractivity contribution < 1.29 is 19.1 Å². The fourth-order valence-corrected chi connectivity index (χ4v) is 4.31. The van der Waals surface area contributed by atoms with Crippen LogP contribution >= 0.6 is 23.4 Å². The van der Waals surface area contributed by atoms with E-state index in [-0.39, 0.29) is 29.0 Å². The number of ether oxygens (including phenoxy) is 1. The molecule has 140 valence electrons. The van der Waals surface area contributed by atoms with E-state index in [0.29, 0.717) is 29.3 Å². The molecule has 3 rings (SSSR count). The summed E-state index contributed by atoms with van der Waals surface area (Å²) in [5.41, 5.74) is 0.453. The molecule has 9 heteroatoms. The van der Waals surface area contributed by atoms with Crippen LogP contribution in [0.4, 0.5) is 15.3 Å². The van der Waals surface area contributed by atoms with Crippen LogP contribution in [-0.4, -0.2) is 47.0 Å². The molecule has 1 aliphatic carbocycles. The topological polar surface area (TPSA) is 87.7 Å². The third kappa shape index (κ3) is 4.07. The average Bonchev–Trinajstić information content (AvgIpc) is 2.94. The number of nitrogens with zero attached hydrogens (tertiary/aromatic N) is 1. The highest BCUT2D eigenvalue weighted by atomic mass is 35.5. The Labute approximate surface area is 160 Å². The minimum Gasteiger partial charge on any atom is -0.495 e. The number of amides is 4. The van der Waals surface area contributed by atoms with Gasteiger partial charge in [-0.25, -0.2) is 4.79 Å². The summed E-state index contributed by atoms with van der Waals surface area (Å²) in [7, 11) is 1.51. The van der Waals surface area contributed by atoms with Gasteiger partial charge in [-0.2, -0.15) is 0 Å². The molecule has 0 unspecified atom stereocenters. The number of rotatable bonds is 4. The number of benzene rings is 1. The van der Waals surface area contributed by atoms with Gasteiger partial charge in [0, 0.05) is 5.02 Å². The molecule has 4 amide bonds. The van der Waals surface area contributed by atoms with Gasteiger partial charge in [0.15, 0.2) is 0 Å². The molecular formula is C17H20ClN3O4S. The Bertz CT molecular complexity index is 714. The largest absolute Gasteiger partial charge is 0.495 e. The predicted molar refractivity (Wildman–Crippen MR) is 101 cm³/mol. The van der Waals surface area contributed by atoms with Crippen molar-refractivity contribution in [1.29, 1.82) is 0 Å². The summed E-state index contributed by atoms with van der Waals surface area (Å²) in [6, 6.07) is 3.94. The third-order valence-electron chi connectivity index (χ3n) is 4.57. The average molecular weight is 398 g/mol. The number of carbonyl (C=O) groups is 3. The maximum atomic E-state index is 12.5. The zero-order valence-electron chi connectivity index (χ0n) is 14.3. The fraction of sp³-hybridized carbons (Fsp3) is 0.471. The van der Waals surface area contributed by atoms with Gasteiger partial charge in [-0.05, 0) is 31.0 Å². The van der Waals surface area contributed by atoms with Gasteiger partial charge in [-0.1, -0.05) is 36.2 Å². The first kappa shape index (κ1) is 18.8. The maximum absolute atomic E-state index is 12.5. The van der Waals surface area contributed by atoms with Crippen LogP contribution in [0.2, 0.25) is 5.02 Å². The van der Waals surface area contributed by atoms with E-state index in [2.05, 4.69) is 10.6 Å². The molecule has 1 heterocycles. The minimum atomic E-state index is -0.422. The summed E-state index contributed by atoms with van der Waals surface area (Å²) in [5, 5.41) is 5.88. The molecule has 2 N–H and O–H groups in total. The molecule has 2 atom stereocenters. The normalized spacial score (nSPS) is 23.1. The lowest BCUT2D eigenvalue weighted by atomic mass is 9.89. The second kappa shape index (κ2) is 8.18. The van der Waals surface area contributed by atoms with Crippen molar-refractivity contribution in [3.63, 3.8) is 0 Å². The number of anilines is 1. The number of methoxy groups -OCH3 is 1. The highest BCUT2D eigenvalue weighted by Gasteiger charge is 2.41. The number of hydrogen-bond donors (Lipinski definition) is 2. The molecule has 1 aromatic carbocycles. The van der Waals surface area contributed by atoms with Crippen LogP contribution in [0.15, 0.2) is 18.2 Å². The van der Waals surface area contributed by atoms with Crippen molar-refractivity contribution in [2.75, 3.05) is 18.2 Å². The number of carbonyl (C=O) groups excluding carboxylic acids is 3. The van der Waals surface area contributed by atoms with Crippen LogP contribution in [0.1, 0.15) is 25.7 Å². The zero-order valence-corrected chi connectivity index (χ0v) is 15.9.